The molecule has 1 unspecified atom stereocenters. The zero-order valence-corrected chi connectivity index (χ0v) is 15.0. The summed E-state index contributed by atoms with van der Waals surface area (Å²) in [5.74, 6) is 1.38. The standard InChI is InChI=1S/C20H24N2O4/c1-24-13-26-18-7-8-20(12-21,10-17(18)19(22)23)15-3-2-4-16(9-15)25-11-14-5-6-14/h2-4,9,14H,5-8,10-11,13H2,1H3,(H2,22,23). The van der Waals surface area contributed by atoms with Crippen molar-refractivity contribution < 1.29 is 19.0 Å². The number of carbonyl (C=O) groups is 1. The van der Waals surface area contributed by atoms with Crippen LogP contribution in [0.3, 0.4) is 0 Å². The molecule has 1 atom stereocenters. The van der Waals surface area contributed by atoms with E-state index in [2.05, 4.69) is 6.07 Å². The monoisotopic (exact) mass is 356 g/mol. The quantitative estimate of drug-likeness (QED) is 0.723. The van der Waals surface area contributed by atoms with Crippen molar-refractivity contribution in [1.29, 1.82) is 5.26 Å². The summed E-state index contributed by atoms with van der Waals surface area (Å²) < 4.78 is 16.3. The van der Waals surface area contributed by atoms with Gasteiger partial charge in [0.15, 0.2) is 6.79 Å². The van der Waals surface area contributed by atoms with Crippen molar-refractivity contribution in [2.45, 2.75) is 37.5 Å². The number of benzene rings is 1. The third-order valence-corrected chi connectivity index (χ3v) is 5.03. The highest BCUT2D eigenvalue weighted by Gasteiger charge is 2.40. The number of rotatable bonds is 8. The van der Waals surface area contributed by atoms with E-state index in [0.717, 1.165) is 11.3 Å². The summed E-state index contributed by atoms with van der Waals surface area (Å²) in [6, 6.07) is 10.0. The number of allylic oxidation sites excluding steroid dienone is 1. The number of methoxy groups -OCH3 is 1. The van der Waals surface area contributed by atoms with E-state index in [1.807, 2.05) is 24.3 Å². The minimum Gasteiger partial charge on any atom is -0.493 e. The SMILES string of the molecule is COCOC1=C(C(N)=O)CC(C#N)(c2cccc(OCC3CC3)c2)CC1. The predicted molar refractivity (Wildman–Crippen MR) is 95.0 cm³/mol. The van der Waals surface area contributed by atoms with Gasteiger partial charge >= 0.3 is 0 Å². The Kier molecular flexibility index (Phi) is 5.48. The summed E-state index contributed by atoms with van der Waals surface area (Å²) in [4.78, 5) is 11.9. The molecule has 3 rings (SSSR count). The Balaban J connectivity index is 1.85. The van der Waals surface area contributed by atoms with Crippen molar-refractivity contribution in [2.75, 3.05) is 20.5 Å². The smallest absolute Gasteiger partial charge is 0.248 e. The van der Waals surface area contributed by atoms with Crippen LogP contribution < -0.4 is 10.5 Å². The van der Waals surface area contributed by atoms with Crippen LogP contribution in [-0.2, 0) is 19.7 Å². The van der Waals surface area contributed by atoms with Crippen molar-refractivity contribution in [1.82, 2.24) is 0 Å². The maximum Gasteiger partial charge on any atom is 0.248 e. The van der Waals surface area contributed by atoms with Crippen molar-refractivity contribution >= 4 is 5.91 Å². The van der Waals surface area contributed by atoms with Crippen LogP contribution in [0.4, 0.5) is 0 Å². The lowest BCUT2D eigenvalue weighted by molar-refractivity contribution is -0.115. The highest BCUT2D eigenvalue weighted by Crippen LogP contribution is 2.43. The van der Waals surface area contributed by atoms with Crippen LogP contribution in [0, 0.1) is 17.2 Å². The van der Waals surface area contributed by atoms with E-state index in [-0.39, 0.29) is 13.2 Å². The summed E-state index contributed by atoms with van der Waals surface area (Å²) in [6.07, 6.45) is 3.68. The molecule has 1 fully saturated rings. The number of primary amides is 1. The Morgan fingerprint density at radius 2 is 2.19 bits per heavy atom. The largest absolute Gasteiger partial charge is 0.493 e. The summed E-state index contributed by atoms with van der Waals surface area (Å²) in [6.45, 7) is 0.764. The van der Waals surface area contributed by atoms with Crippen LogP contribution in [0.5, 0.6) is 5.75 Å². The van der Waals surface area contributed by atoms with Gasteiger partial charge in [-0.2, -0.15) is 5.26 Å². The second-order valence-electron chi connectivity index (χ2n) is 6.97. The molecule has 0 aromatic heterocycles. The Morgan fingerprint density at radius 3 is 2.85 bits per heavy atom. The number of nitrogens with zero attached hydrogens (tertiary/aromatic N) is 1. The van der Waals surface area contributed by atoms with E-state index in [9.17, 15) is 10.1 Å². The van der Waals surface area contributed by atoms with Gasteiger partial charge in [-0.05, 0) is 42.9 Å². The van der Waals surface area contributed by atoms with Crippen molar-refractivity contribution in [3.8, 4) is 11.8 Å². The molecule has 1 aromatic rings. The minimum absolute atomic E-state index is 0.0517. The molecule has 0 saturated heterocycles. The number of ether oxygens (including phenoxy) is 3. The van der Waals surface area contributed by atoms with E-state index in [1.54, 1.807) is 0 Å². The average Bonchev–Trinajstić information content (AvgIpc) is 3.49. The average molecular weight is 356 g/mol. The summed E-state index contributed by atoms with van der Waals surface area (Å²) in [5.41, 5.74) is 5.94. The Bertz CT molecular complexity index is 748. The molecular formula is C20H24N2O4. The maximum atomic E-state index is 11.9. The number of nitriles is 1. The van der Waals surface area contributed by atoms with Gasteiger partial charge in [0.1, 0.15) is 11.5 Å². The van der Waals surface area contributed by atoms with Gasteiger partial charge in [0.05, 0.1) is 23.7 Å². The molecule has 0 bridgehead atoms. The van der Waals surface area contributed by atoms with E-state index in [4.69, 9.17) is 19.9 Å². The first-order valence-electron chi connectivity index (χ1n) is 8.86. The van der Waals surface area contributed by atoms with Crippen LogP contribution in [0.25, 0.3) is 0 Å². The van der Waals surface area contributed by atoms with Gasteiger partial charge in [-0.25, -0.2) is 0 Å². The molecule has 0 radical (unpaired) electrons. The lowest BCUT2D eigenvalue weighted by Crippen LogP contribution is -2.33. The summed E-state index contributed by atoms with van der Waals surface area (Å²) in [5, 5.41) is 9.94. The van der Waals surface area contributed by atoms with Gasteiger partial charge in [-0.15, -0.1) is 0 Å². The zero-order valence-electron chi connectivity index (χ0n) is 15.0. The van der Waals surface area contributed by atoms with E-state index < -0.39 is 11.3 Å². The zero-order chi connectivity index (χ0) is 18.6. The van der Waals surface area contributed by atoms with Crippen LogP contribution >= 0.6 is 0 Å². The molecule has 1 aromatic carbocycles. The Hall–Kier alpha value is -2.52. The van der Waals surface area contributed by atoms with Crippen LogP contribution in [0.15, 0.2) is 35.6 Å². The highest BCUT2D eigenvalue weighted by atomic mass is 16.7. The second-order valence-corrected chi connectivity index (χ2v) is 6.97. The Labute approximate surface area is 153 Å². The van der Waals surface area contributed by atoms with Crippen LogP contribution in [0.1, 0.15) is 37.7 Å². The van der Waals surface area contributed by atoms with Crippen molar-refractivity contribution in [3.05, 3.63) is 41.2 Å². The lowest BCUT2D eigenvalue weighted by atomic mass is 9.69. The number of amides is 1. The van der Waals surface area contributed by atoms with E-state index in [1.165, 1.54) is 20.0 Å². The second kappa shape index (κ2) is 7.79. The first-order chi connectivity index (χ1) is 12.6. The van der Waals surface area contributed by atoms with Crippen LogP contribution in [-0.4, -0.2) is 26.4 Å². The number of hydrogen-bond donors (Lipinski definition) is 1. The fourth-order valence-corrected chi connectivity index (χ4v) is 3.27. The predicted octanol–water partition coefficient (Wildman–Crippen LogP) is 2.78. The van der Waals surface area contributed by atoms with Gasteiger partial charge in [-0.3, -0.25) is 4.79 Å². The molecule has 2 aliphatic rings. The molecule has 6 nitrogen and oxygen atoms in total. The molecule has 1 saturated carbocycles. The molecule has 0 aliphatic heterocycles. The first-order valence-corrected chi connectivity index (χ1v) is 8.86. The molecule has 1 amide bonds. The van der Waals surface area contributed by atoms with Crippen molar-refractivity contribution in [3.63, 3.8) is 0 Å². The topological polar surface area (TPSA) is 94.6 Å². The molecule has 26 heavy (non-hydrogen) atoms. The summed E-state index contributed by atoms with van der Waals surface area (Å²) in [7, 11) is 1.51. The third kappa shape index (κ3) is 4.00. The van der Waals surface area contributed by atoms with Gasteiger partial charge < -0.3 is 19.9 Å². The highest BCUT2D eigenvalue weighted by molar-refractivity contribution is 5.93. The fourth-order valence-electron chi connectivity index (χ4n) is 3.27. The van der Waals surface area contributed by atoms with E-state index >= 15 is 0 Å². The molecule has 2 aliphatic carbocycles. The van der Waals surface area contributed by atoms with Gasteiger partial charge in [-0.1, -0.05) is 12.1 Å². The van der Waals surface area contributed by atoms with E-state index in [0.29, 0.717) is 36.7 Å². The van der Waals surface area contributed by atoms with Gasteiger partial charge in [0.2, 0.25) is 5.91 Å². The molecule has 6 heteroatoms. The molecule has 0 heterocycles. The van der Waals surface area contributed by atoms with Crippen LogP contribution in [0.2, 0.25) is 0 Å². The summed E-state index contributed by atoms with van der Waals surface area (Å²) >= 11 is 0. The first kappa shape index (κ1) is 18.3. The number of nitrogens with two attached hydrogens (primary N) is 1. The van der Waals surface area contributed by atoms with Gasteiger partial charge in [0, 0.05) is 20.0 Å². The normalized spacial score (nSPS) is 22.6. The fraction of sp³-hybridized carbons (Fsp3) is 0.500. The molecular weight excluding hydrogens is 332 g/mol. The lowest BCUT2D eigenvalue weighted by Gasteiger charge is -2.33. The Morgan fingerprint density at radius 1 is 1.38 bits per heavy atom. The number of carbonyl (C=O) groups excluding carboxylic acids is 1. The maximum absolute atomic E-state index is 11.9. The molecule has 2 N–H and O–H groups in total. The molecule has 138 valence electrons. The van der Waals surface area contributed by atoms with Gasteiger partial charge in [0.25, 0.3) is 0 Å². The minimum atomic E-state index is -0.816. The number of hydrogen-bond acceptors (Lipinski definition) is 5. The third-order valence-electron chi connectivity index (χ3n) is 5.03. The van der Waals surface area contributed by atoms with Crippen molar-refractivity contribution in [2.24, 2.45) is 11.7 Å². The molecule has 0 spiro atoms.